The van der Waals surface area contributed by atoms with Crippen LogP contribution in [0.1, 0.15) is 20.8 Å². The summed E-state index contributed by atoms with van der Waals surface area (Å²) < 4.78 is 21.9. The van der Waals surface area contributed by atoms with Crippen LogP contribution in [0.2, 0.25) is 4.82 Å². The van der Waals surface area contributed by atoms with Crippen LogP contribution in [0.4, 0.5) is 0 Å². The molecular weight excluding hydrogens is 258 g/mol. The standard InChI is InChI=1S/C7H15O4PSe/c1-4-10-12(9,11-5-2)13-7(3)6-8/h6-7H,4-5H2,1-3H3. The van der Waals surface area contributed by atoms with Crippen molar-refractivity contribution < 1.29 is 18.4 Å². The van der Waals surface area contributed by atoms with Crippen molar-refractivity contribution in [3.05, 3.63) is 0 Å². The summed E-state index contributed by atoms with van der Waals surface area (Å²) in [4.78, 5) is 10.1. The third kappa shape index (κ3) is 5.61. The molecule has 0 aromatic rings. The molecule has 0 aliphatic rings. The van der Waals surface area contributed by atoms with Crippen molar-refractivity contribution in [2.75, 3.05) is 13.2 Å². The summed E-state index contributed by atoms with van der Waals surface area (Å²) in [6, 6.07) is 0. The topological polar surface area (TPSA) is 52.6 Å². The molecule has 6 heteroatoms. The fourth-order valence-corrected chi connectivity index (χ4v) is 6.90. The molecule has 1 atom stereocenters. The van der Waals surface area contributed by atoms with Crippen LogP contribution < -0.4 is 0 Å². The van der Waals surface area contributed by atoms with Gasteiger partial charge in [0.2, 0.25) is 0 Å². The molecule has 0 aromatic heterocycles. The van der Waals surface area contributed by atoms with E-state index in [9.17, 15) is 9.36 Å². The van der Waals surface area contributed by atoms with Crippen LogP contribution >= 0.6 is 6.29 Å². The van der Waals surface area contributed by atoms with Crippen molar-refractivity contribution in [1.29, 1.82) is 0 Å². The number of carbonyl (C=O) groups excluding carboxylic acids is 1. The van der Waals surface area contributed by atoms with E-state index >= 15 is 0 Å². The third-order valence-corrected chi connectivity index (χ3v) is 8.08. The fraction of sp³-hybridized carbons (Fsp3) is 0.857. The van der Waals surface area contributed by atoms with Crippen LogP contribution in [0.25, 0.3) is 0 Å². The summed E-state index contributed by atoms with van der Waals surface area (Å²) in [7, 11) is 0. The van der Waals surface area contributed by atoms with Gasteiger partial charge in [-0.2, -0.15) is 0 Å². The Bertz CT molecular complexity index is 187. The zero-order valence-corrected chi connectivity index (χ0v) is 10.7. The van der Waals surface area contributed by atoms with Gasteiger partial charge in [0.05, 0.1) is 0 Å². The monoisotopic (exact) mass is 274 g/mol. The van der Waals surface area contributed by atoms with E-state index in [4.69, 9.17) is 9.05 Å². The SMILES string of the molecule is CCOP(=O)(OCC)[Se]C(C)C=O. The molecule has 0 bridgehead atoms. The van der Waals surface area contributed by atoms with Crippen molar-refractivity contribution in [2.45, 2.75) is 25.6 Å². The number of carbonyl (C=O) groups is 1. The molecule has 0 heterocycles. The van der Waals surface area contributed by atoms with Gasteiger partial charge in [0.1, 0.15) is 0 Å². The summed E-state index contributed by atoms with van der Waals surface area (Å²) in [5, 5.41) is 0. The quantitative estimate of drug-likeness (QED) is 0.404. The van der Waals surface area contributed by atoms with Gasteiger partial charge in [-0.3, -0.25) is 0 Å². The number of aldehydes is 1. The first kappa shape index (κ1) is 13.3. The molecule has 0 rings (SSSR count). The van der Waals surface area contributed by atoms with Gasteiger partial charge in [-0.15, -0.1) is 0 Å². The molecular formula is C7H15O4PSe. The summed E-state index contributed by atoms with van der Waals surface area (Å²) in [6.45, 7) is 5.94. The van der Waals surface area contributed by atoms with Gasteiger partial charge in [-0.25, -0.2) is 0 Å². The molecule has 0 N–H and O–H groups in total. The van der Waals surface area contributed by atoms with E-state index in [1.54, 1.807) is 20.8 Å². The predicted octanol–water partition coefficient (Wildman–Crippen LogP) is 1.88. The van der Waals surface area contributed by atoms with Gasteiger partial charge in [-0.05, 0) is 0 Å². The minimum atomic E-state index is -2.96. The van der Waals surface area contributed by atoms with Crippen LogP contribution in [-0.4, -0.2) is 34.0 Å². The maximum absolute atomic E-state index is 11.8. The van der Waals surface area contributed by atoms with E-state index in [-0.39, 0.29) is 4.82 Å². The molecule has 0 saturated heterocycles. The fourth-order valence-electron chi connectivity index (χ4n) is 0.643. The van der Waals surface area contributed by atoms with E-state index < -0.39 is 20.8 Å². The molecule has 0 aromatic carbocycles. The second-order valence-electron chi connectivity index (χ2n) is 2.23. The van der Waals surface area contributed by atoms with E-state index in [1.165, 1.54) is 0 Å². The van der Waals surface area contributed by atoms with E-state index in [0.29, 0.717) is 13.2 Å². The first-order chi connectivity index (χ1) is 6.08. The van der Waals surface area contributed by atoms with Crippen LogP contribution in [-0.2, 0) is 18.4 Å². The second kappa shape index (κ2) is 6.74. The van der Waals surface area contributed by atoms with Gasteiger partial charge >= 0.3 is 84.3 Å². The number of hydrogen-bond donors (Lipinski definition) is 0. The Morgan fingerprint density at radius 3 is 2.15 bits per heavy atom. The Hall–Kier alpha value is 0.339. The second-order valence-corrected chi connectivity index (χ2v) is 9.55. The van der Waals surface area contributed by atoms with Crippen molar-refractivity contribution in [1.82, 2.24) is 0 Å². The van der Waals surface area contributed by atoms with Gasteiger partial charge < -0.3 is 0 Å². The molecule has 0 fully saturated rings. The Morgan fingerprint density at radius 2 is 1.85 bits per heavy atom. The maximum atomic E-state index is 11.8. The molecule has 0 amide bonds. The average Bonchev–Trinajstić information content (AvgIpc) is 2.04. The minimum absolute atomic E-state index is 0.226. The van der Waals surface area contributed by atoms with E-state index in [1.807, 2.05) is 0 Å². The number of rotatable bonds is 7. The Labute approximate surface area is 84.7 Å². The summed E-state index contributed by atoms with van der Waals surface area (Å²) in [5.41, 5.74) is 0. The molecule has 0 spiro atoms. The van der Waals surface area contributed by atoms with Crippen LogP contribution in [0, 0.1) is 0 Å². The van der Waals surface area contributed by atoms with Crippen molar-refractivity contribution in [2.24, 2.45) is 0 Å². The molecule has 0 saturated carbocycles. The van der Waals surface area contributed by atoms with Gasteiger partial charge in [0.15, 0.2) is 0 Å². The van der Waals surface area contributed by atoms with Crippen LogP contribution in [0.15, 0.2) is 0 Å². The van der Waals surface area contributed by atoms with Crippen molar-refractivity contribution in [3.8, 4) is 0 Å². The van der Waals surface area contributed by atoms with Crippen LogP contribution in [0.5, 0.6) is 0 Å². The van der Waals surface area contributed by atoms with Gasteiger partial charge in [-0.1, -0.05) is 0 Å². The molecule has 78 valence electrons. The van der Waals surface area contributed by atoms with Crippen molar-refractivity contribution >= 4 is 27.1 Å². The average molecular weight is 273 g/mol. The van der Waals surface area contributed by atoms with Gasteiger partial charge in [0, 0.05) is 0 Å². The summed E-state index contributed by atoms with van der Waals surface area (Å²) in [5.74, 6) is 0. The summed E-state index contributed by atoms with van der Waals surface area (Å²) >= 11 is -0.416. The predicted molar refractivity (Wildman–Crippen MR) is 52.1 cm³/mol. The molecule has 4 nitrogen and oxygen atoms in total. The molecule has 1 unspecified atom stereocenters. The Balaban J connectivity index is 4.22. The van der Waals surface area contributed by atoms with Crippen LogP contribution in [0.3, 0.4) is 0 Å². The van der Waals surface area contributed by atoms with Crippen molar-refractivity contribution in [3.63, 3.8) is 0 Å². The first-order valence-electron chi connectivity index (χ1n) is 4.10. The summed E-state index contributed by atoms with van der Waals surface area (Å²) in [6.07, 6.45) is -2.18. The van der Waals surface area contributed by atoms with E-state index in [0.717, 1.165) is 6.29 Å². The molecule has 0 radical (unpaired) electrons. The molecule has 0 aliphatic carbocycles. The first-order valence-corrected chi connectivity index (χ1v) is 8.85. The third-order valence-electron chi connectivity index (χ3n) is 1.06. The number of hydrogen-bond acceptors (Lipinski definition) is 4. The normalized spacial score (nSPS) is 14.1. The van der Waals surface area contributed by atoms with E-state index in [2.05, 4.69) is 0 Å². The van der Waals surface area contributed by atoms with Gasteiger partial charge in [0.25, 0.3) is 0 Å². The Kier molecular flexibility index (Phi) is 6.92. The molecule has 13 heavy (non-hydrogen) atoms. The molecule has 0 aliphatic heterocycles. The zero-order valence-electron chi connectivity index (χ0n) is 8.06. The zero-order chi connectivity index (χ0) is 10.3. The Morgan fingerprint density at radius 1 is 1.38 bits per heavy atom.